The summed E-state index contributed by atoms with van der Waals surface area (Å²) in [5.74, 6) is 3.12. The molecule has 0 saturated heterocycles. The number of aliphatic hydroxyl groups is 1. The molecule has 0 heterocycles. The van der Waals surface area contributed by atoms with Crippen LogP contribution in [0.3, 0.4) is 0 Å². The maximum Gasteiger partial charge on any atom is 0.0638 e. The highest BCUT2D eigenvalue weighted by molar-refractivity contribution is 7.84. The maximum atomic E-state index is 11.9. The Morgan fingerprint density at radius 2 is 1.75 bits per heavy atom. The SMILES string of the molecule is CS(=O)C[C@H]1[C@H]2CC[C@@]3(CC[C@@H]4C(C)(C)CCC[C@@]4(C)[C@@H]3C2)[C@@H]1O. The third-order valence-corrected chi connectivity index (χ3v) is 10.1. The summed E-state index contributed by atoms with van der Waals surface area (Å²) in [6.45, 7) is 7.56. The van der Waals surface area contributed by atoms with Crippen LogP contribution in [0.5, 0.6) is 0 Å². The molecule has 8 atom stereocenters. The summed E-state index contributed by atoms with van der Waals surface area (Å²) in [5.41, 5.74) is 1.01. The summed E-state index contributed by atoms with van der Waals surface area (Å²) in [7, 11) is -0.792. The minimum absolute atomic E-state index is 0.136. The fourth-order valence-corrected chi connectivity index (χ4v) is 9.30. The van der Waals surface area contributed by atoms with Crippen molar-refractivity contribution in [1.29, 1.82) is 0 Å². The fraction of sp³-hybridized carbons (Fsp3) is 1.00. The Balaban J connectivity index is 1.70. The van der Waals surface area contributed by atoms with Crippen molar-refractivity contribution in [1.82, 2.24) is 0 Å². The largest absolute Gasteiger partial charge is 0.392 e. The zero-order valence-corrected chi connectivity index (χ0v) is 16.8. The van der Waals surface area contributed by atoms with Crippen LogP contribution < -0.4 is 0 Å². The first-order chi connectivity index (χ1) is 11.2. The molecule has 1 N–H and O–H groups in total. The molecule has 0 aromatic carbocycles. The van der Waals surface area contributed by atoms with E-state index < -0.39 is 10.8 Å². The van der Waals surface area contributed by atoms with E-state index in [2.05, 4.69) is 20.8 Å². The summed E-state index contributed by atoms with van der Waals surface area (Å²) in [4.78, 5) is 0. The van der Waals surface area contributed by atoms with Gasteiger partial charge >= 0.3 is 0 Å². The Kier molecular flexibility index (Phi) is 4.05. The topological polar surface area (TPSA) is 37.3 Å². The first kappa shape index (κ1) is 17.5. The molecule has 2 bridgehead atoms. The van der Waals surface area contributed by atoms with E-state index in [1.807, 2.05) is 6.26 Å². The number of hydrogen-bond donors (Lipinski definition) is 1. The molecule has 138 valence electrons. The summed E-state index contributed by atoms with van der Waals surface area (Å²) in [5, 5.41) is 11.4. The van der Waals surface area contributed by atoms with Gasteiger partial charge in [-0.25, -0.2) is 0 Å². The Morgan fingerprint density at radius 1 is 1.04 bits per heavy atom. The molecule has 24 heavy (non-hydrogen) atoms. The van der Waals surface area contributed by atoms with Gasteiger partial charge in [0.2, 0.25) is 0 Å². The first-order valence-corrected chi connectivity index (χ1v) is 11.9. The van der Waals surface area contributed by atoms with E-state index in [1.165, 1.54) is 51.4 Å². The molecule has 5 rings (SSSR count). The monoisotopic (exact) mass is 352 g/mol. The van der Waals surface area contributed by atoms with Gasteiger partial charge in [-0.05, 0) is 84.9 Å². The van der Waals surface area contributed by atoms with Crippen molar-refractivity contribution >= 4 is 10.8 Å². The molecule has 5 fully saturated rings. The molecule has 0 radical (unpaired) electrons. The zero-order chi connectivity index (χ0) is 17.3. The molecule has 2 nitrogen and oxygen atoms in total. The summed E-state index contributed by atoms with van der Waals surface area (Å²) < 4.78 is 11.9. The predicted octanol–water partition coefficient (Wildman–Crippen LogP) is 4.38. The van der Waals surface area contributed by atoms with Gasteiger partial charge in [0.25, 0.3) is 0 Å². The first-order valence-electron chi connectivity index (χ1n) is 10.2. The highest BCUT2D eigenvalue weighted by Crippen LogP contribution is 2.72. The lowest BCUT2D eigenvalue weighted by atomic mass is 9.36. The second kappa shape index (κ2) is 5.55. The van der Waals surface area contributed by atoms with Crippen molar-refractivity contribution in [2.75, 3.05) is 12.0 Å². The van der Waals surface area contributed by atoms with Crippen molar-refractivity contribution in [3.63, 3.8) is 0 Å². The number of rotatable bonds is 2. The van der Waals surface area contributed by atoms with E-state index in [1.54, 1.807) is 0 Å². The quantitative estimate of drug-likeness (QED) is 0.800. The fourth-order valence-electron chi connectivity index (χ4n) is 8.30. The molecule has 3 heteroatoms. The number of aliphatic hydroxyl groups excluding tert-OH is 1. The average molecular weight is 353 g/mol. The molecule has 1 unspecified atom stereocenters. The van der Waals surface area contributed by atoms with Crippen molar-refractivity contribution < 1.29 is 9.32 Å². The number of fused-ring (bicyclic) bond motifs is 3. The lowest BCUT2D eigenvalue weighted by Gasteiger charge is -2.70. The Morgan fingerprint density at radius 3 is 2.46 bits per heavy atom. The second-order valence-electron chi connectivity index (χ2n) is 10.6. The minimum Gasteiger partial charge on any atom is -0.392 e. The lowest BCUT2D eigenvalue weighted by Crippen LogP contribution is -2.66. The van der Waals surface area contributed by atoms with Crippen LogP contribution >= 0.6 is 0 Å². The van der Waals surface area contributed by atoms with Gasteiger partial charge in [0, 0.05) is 22.8 Å². The van der Waals surface area contributed by atoms with E-state index in [0.29, 0.717) is 28.4 Å². The lowest BCUT2D eigenvalue weighted by molar-refractivity contribution is -0.238. The normalized spacial score (nSPS) is 54.0. The van der Waals surface area contributed by atoms with Crippen molar-refractivity contribution in [3.05, 3.63) is 0 Å². The number of hydrogen-bond acceptors (Lipinski definition) is 2. The van der Waals surface area contributed by atoms with E-state index >= 15 is 0 Å². The Bertz CT molecular complexity index is 544. The highest BCUT2D eigenvalue weighted by Gasteiger charge is 2.66. The van der Waals surface area contributed by atoms with Crippen molar-refractivity contribution in [3.8, 4) is 0 Å². The van der Waals surface area contributed by atoms with Crippen LogP contribution in [0.4, 0.5) is 0 Å². The smallest absolute Gasteiger partial charge is 0.0638 e. The van der Waals surface area contributed by atoms with Gasteiger partial charge in [-0.3, -0.25) is 4.21 Å². The summed E-state index contributed by atoms with van der Waals surface area (Å²) in [6, 6.07) is 0. The minimum atomic E-state index is -0.792. The third kappa shape index (κ3) is 2.25. The van der Waals surface area contributed by atoms with Gasteiger partial charge < -0.3 is 5.11 Å². The van der Waals surface area contributed by atoms with E-state index in [9.17, 15) is 9.32 Å². The zero-order valence-electron chi connectivity index (χ0n) is 16.0. The van der Waals surface area contributed by atoms with Crippen LogP contribution in [0.15, 0.2) is 0 Å². The van der Waals surface area contributed by atoms with Crippen LogP contribution in [0.25, 0.3) is 0 Å². The van der Waals surface area contributed by atoms with Gasteiger partial charge in [0.1, 0.15) is 0 Å². The predicted molar refractivity (Wildman–Crippen MR) is 100 cm³/mol. The third-order valence-electron chi connectivity index (χ3n) is 9.21. The molecule has 0 amide bonds. The van der Waals surface area contributed by atoms with Crippen LogP contribution in [0, 0.1) is 39.9 Å². The van der Waals surface area contributed by atoms with Crippen molar-refractivity contribution in [2.45, 2.75) is 78.2 Å². The van der Waals surface area contributed by atoms with Crippen LogP contribution in [0.1, 0.15) is 72.1 Å². The Hall–Kier alpha value is 0.110. The standard InChI is InChI=1S/C21H36O2S/c1-19(2)8-5-9-20(3)16(19)7-11-21-10-6-14(12-17(20)21)15(18(21)22)13-24(4)23/h14-18,22H,5-13H2,1-4H3/t14-,15-,16+,17-,18+,20+,21-,24?/m0/s1. The van der Waals surface area contributed by atoms with Crippen molar-refractivity contribution in [2.24, 2.45) is 39.9 Å². The summed E-state index contributed by atoms with van der Waals surface area (Å²) in [6.07, 6.45) is 12.0. The molecule has 5 aliphatic rings. The van der Waals surface area contributed by atoms with Gasteiger partial charge in [0.05, 0.1) is 6.10 Å². The Labute approximate surface area is 150 Å². The van der Waals surface area contributed by atoms with Crippen LogP contribution in [-0.4, -0.2) is 27.4 Å². The summed E-state index contributed by atoms with van der Waals surface area (Å²) >= 11 is 0. The molecule has 0 aromatic heterocycles. The van der Waals surface area contributed by atoms with Gasteiger partial charge in [-0.2, -0.15) is 0 Å². The van der Waals surface area contributed by atoms with E-state index in [-0.39, 0.29) is 17.4 Å². The second-order valence-corrected chi connectivity index (χ2v) is 12.1. The van der Waals surface area contributed by atoms with Gasteiger partial charge in [-0.15, -0.1) is 0 Å². The maximum absolute atomic E-state index is 11.9. The average Bonchev–Trinajstić information content (AvgIpc) is 2.49. The van der Waals surface area contributed by atoms with Gasteiger partial charge in [-0.1, -0.05) is 27.2 Å². The van der Waals surface area contributed by atoms with E-state index in [0.717, 1.165) is 5.92 Å². The highest BCUT2D eigenvalue weighted by atomic mass is 32.2. The molecular weight excluding hydrogens is 316 g/mol. The molecule has 0 aliphatic heterocycles. The molecule has 1 spiro atoms. The van der Waals surface area contributed by atoms with Crippen LogP contribution in [-0.2, 0) is 10.8 Å². The molecule has 5 aliphatic carbocycles. The molecule has 5 saturated carbocycles. The molecule has 0 aromatic rings. The van der Waals surface area contributed by atoms with Gasteiger partial charge in [0.15, 0.2) is 0 Å². The molecular formula is C21H36O2S. The van der Waals surface area contributed by atoms with Crippen LogP contribution in [0.2, 0.25) is 0 Å². The van der Waals surface area contributed by atoms with E-state index in [4.69, 9.17) is 0 Å².